The minimum absolute atomic E-state index is 0.0501. The van der Waals surface area contributed by atoms with Gasteiger partial charge in [0, 0.05) is 23.7 Å². The van der Waals surface area contributed by atoms with Crippen molar-refractivity contribution in [1.82, 2.24) is 0 Å². The number of carbonyl (C=O) groups excluding carboxylic acids is 2. The number of rotatable bonds is 5. The standard InChI is InChI=1S/C27H36F2O9/c1-25-10-18(28)27(29)15(4-3-12-9-13(30)7-8-26(12,27)2)14(25)5-6-16(25)17(31)11-37-24-21(34)19(32)20(33)22(38-24)23(35)36/h9,14-16,18-22,24,32-34H,3-8,10-11H2,1-2H3,(H,35,36)/t14-,15-,16+,18+,19-,20-,21+,22-,24?,25-,26-,27-/m0/s1. The van der Waals surface area contributed by atoms with Crippen LogP contribution in [0.5, 0.6) is 0 Å². The molecule has 38 heavy (non-hydrogen) atoms. The van der Waals surface area contributed by atoms with E-state index in [1.54, 1.807) is 6.92 Å². The van der Waals surface area contributed by atoms with E-state index in [4.69, 9.17) is 9.47 Å². The summed E-state index contributed by atoms with van der Waals surface area (Å²) in [4.78, 5) is 36.7. The molecule has 1 saturated heterocycles. The number of hydrogen-bond donors (Lipinski definition) is 4. The molecule has 1 unspecified atom stereocenters. The van der Waals surface area contributed by atoms with Gasteiger partial charge in [0.15, 0.2) is 29.6 Å². The van der Waals surface area contributed by atoms with E-state index in [9.17, 15) is 34.8 Å². The van der Waals surface area contributed by atoms with Gasteiger partial charge >= 0.3 is 5.97 Å². The lowest BCUT2D eigenvalue weighted by Gasteiger charge is -2.62. The number of aliphatic hydroxyl groups excluding tert-OH is 3. The van der Waals surface area contributed by atoms with Gasteiger partial charge in [-0.2, -0.15) is 0 Å². The molecule has 0 aromatic heterocycles. The zero-order valence-corrected chi connectivity index (χ0v) is 21.5. The zero-order chi connectivity index (χ0) is 27.8. The number of carbonyl (C=O) groups is 3. The number of aliphatic carboxylic acids is 1. The van der Waals surface area contributed by atoms with Gasteiger partial charge in [-0.25, -0.2) is 13.6 Å². The summed E-state index contributed by atoms with van der Waals surface area (Å²) in [6.45, 7) is 2.98. The van der Waals surface area contributed by atoms with Gasteiger partial charge in [0.1, 0.15) is 31.1 Å². The smallest absolute Gasteiger partial charge is 0.335 e. The summed E-state index contributed by atoms with van der Waals surface area (Å²) in [5, 5.41) is 39.2. The molecule has 3 saturated carbocycles. The first-order valence-corrected chi connectivity index (χ1v) is 13.4. The number of ketones is 2. The lowest BCUT2D eigenvalue weighted by molar-refractivity contribution is -0.292. The lowest BCUT2D eigenvalue weighted by Crippen LogP contribution is -2.66. The second kappa shape index (κ2) is 9.40. The first-order valence-electron chi connectivity index (χ1n) is 13.4. The van der Waals surface area contributed by atoms with Crippen molar-refractivity contribution in [2.45, 2.75) is 101 Å². The number of carboxylic acids is 1. The number of hydrogen-bond acceptors (Lipinski definition) is 8. The van der Waals surface area contributed by atoms with Gasteiger partial charge in [-0.3, -0.25) is 9.59 Å². The molecule has 1 heterocycles. The second-order valence-electron chi connectivity index (χ2n) is 12.3. The summed E-state index contributed by atoms with van der Waals surface area (Å²) in [6, 6.07) is 0. The van der Waals surface area contributed by atoms with Crippen LogP contribution < -0.4 is 0 Å². The Morgan fingerprint density at radius 1 is 1.08 bits per heavy atom. The Labute approximate surface area is 219 Å². The Balaban J connectivity index is 1.32. The van der Waals surface area contributed by atoms with Crippen LogP contribution in [0.25, 0.3) is 0 Å². The number of aliphatic hydroxyl groups is 3. The molecule has 0 bridgehead atoms. The average Bonchev–Trinajstić information content (AvgIpc) is 3.19. The molecule has 5 aliphatic rings. The molecule has 0 aromatic rings. The SMILES string of the molecule is C[C@]12C[C@@H](F)[C@@]3(F)[C@@H](CCC4=CC(=O)CC[C@@]43C)[C@@H]1CC[C@@H]2C(=O)COC1O[C@H](C(=O)O)[C@@H](O)[C@H](O)[C@H]1O. The minimum Gasteiger partial charge on any atom is -0.479 e. The monoisotopic (exact) mass is 542 g/mol. The highest BCUT2D eigenvalue weighted by atomic mass is 19.2. The quantitative estimate of drug-likeness (QED) is 0.407. The van der Waals surface area contributed by atoms with E-state index in [2.05, 4.69) is 0 Å². The van der Waals surface area contributed by atoms with Crippen LogP contribution in [0.3, 0.4) is 0 Å². The Morgan fingerprint density at radius 2 is 1.79 bits per heavy atom. The number of ether oxygens (including phenoxy) is 2. The molecule has 0 radical (unpaired) electrons. The van der Waals surface area contributed by atoms with Gasteiger partial charge in [-0.15, -0.1) is 0 Å². The van der Waals surface area contributed by atoms with Gasteiger partial charge in [0.05, 0.1) is 0 Å². The summed E-state index contributed by atoms with van der Waals surface area (Å²) in [5.41, 5.74) is -3.32. The third-order valence-corrected chi connectivity index (χ3v) is 10.6. The summed E-state index contributed by atoms with van der Waals surface area (Å²) in [6.07, 6.45) is -7.17. The molecule has 11 heteroatoms. The molecule has 0 spiro atoms. The van der Waals surface area contributed by atoms with E-state index < -0.39 is 83.6 Å². The molecule has 9 nitrogen and oxygen atoms in total. The normalized spacial score (nSPS) is 50.4. The van der Waals surface area contributed by atoms with Crippen molar-refractivity contribution in [3.05, 3.63) is 11.6 Å². The third-order valence-electron chi connectivity index (χ3n) is 10.6. The predicted molar refractivity (Wildman–Crippen MR) is 126 cm³/mol. The van der Waals surface area contributed by atoms with Crippen molar-refractivity contribution in [3.8, 4) is 0 Å². The van der Waals surface area contributed by atoms with Crippen LogP contribution in [0.4, 0.5) is 8.78 Å². The van der Waals surface area contributed by atoms with Crippen molar-refractivity contribution >= 4 is 17.5 Å². The number of halogens is 2. The lowest BCUT2D eigenvalue weighted by atomic mass is 9.44. The first kappa shape index (κ1) is 27.8. The Bertz CT molecular complexity index is 1050. The van der Waals surface area contributed by atoms with Crippen LogP contribution in [-0.2, 0) is 23.9 Å². The third kappa shape index (κ3) is 3.83. The number of carboxylic acid groups (broad SMARTS) is 1. The first-order chi connectivity index (χ1) is 17.8. The van der Waals surface area contributed by atoms with Gasteiger partial charge in [0.25, 0.3) is 0 Å². The van der Waals surface area contributed by atoms with E-state index in [1.807, 2.05) is 6.92 Å². The number of alkyl halides is 2. The van der Waals surface area contributed by atoms with Crippen molar-refractivity contribution < 1.29 is 53.1 Å². The van der Waals surface area contributed by atoms with Crippen LogP contribution >= 0.6 is 0 Å². The molecule has 4 aliphatic carbocycles. The molecule has 1 aliphatic heterocycles. The highest BCUT2D eigenvalue weighted by molar-refractivity contribution is 5.91. The summed E-state index contributed by atoms with van der Waals surface area (Å²) >= 11 is 0. The topological polar surface area (TPSA) is 151 Å². The Kier molecular flexibility index (Phi) is 6.87. The summed E-state index contributed by atoms with van der Waals surface area (Å²) in [7, 11) is 0. The van der Waals surface area contributed by atoms with Crippen molar-refractivity contribution in [2.24, 2.45) is 28.6 Å². The van der Waals surface area contributed by atoms with Crippen LogP contribution in [0.2, 0.25) is 0 Å². The molecule has 0 aromatic carbocycles. The number of Topliss-reactive ketones (excluding diaryl/α,β-unsaturated/α-hetero) is 1. The van der Waals surface area contributed by atoms with E-state index in [0.717, 1.165) is 0 Å². The maximum absolute atomic E-state index is 17.0. The van der Waals surface area contributed by atoms with E-state index in [1.165, 1.54) is 6.08 Å². The van der Waals surface area contributed by atoms with Crippen molar-refractivity contribution in [2.75, 3.05) is 6.61 Å². The summed E-state index contributed by atoms with van der Waals surface area (Å²) in [5.74, 6) is -3.49. The van der Waals surface area contributed by atoms with Crippen molar-refractivity contribution in [1.29, 1.82) is 0 Å². The molecule has 212 valence electrons. The molecule has 4 fully saturated rings. The Morgan fingerprint density at radius 3 is 2.47 bits per heavy atom. The highest BCUT2D eigenvalue weighted by Crippen LogP contribution is 2.70. The fourth-order valence-corrected chi connectivity index (χ4v) is 8.48. The fraction of sp³-hybridized carbons (Fsp3) is 0.815. The molecule has 4 N–H and O–H groups in total. The number of fused-ring (bicyclic) bond motifs is 5. The predicted octanol–water partition coefficient (Wildman–Crippen LogP) is 1.65. The van der Waals surface area contributed by atoms with Crippen molar-refractivity contribution in [3.63, 3.8) is 0 Å². The molecule has 5 rings (SSSR count). The molecule has 12 atom stereocenters. The van der Waals surface area contributed by atoms with Crippen LogP contribution in [-0.4, -0.2) is 87.1 Å². The van der Waals surface area contributed by atoms with Crippen LogP contribution in [0, 0.1) is 28.6 Å². The molecular formula is C27H36F2O9. The second-order valence-corrected chi connectivity index (χ2v) is 12.3. The van der Waals surface area contributed by atoms with Gasteiger partial charge < -0.3 is 29.9 Å². The molecular weight excluding hydrogens is 506 g/mol. The Hall–Kier alpha value is -1.79. The van der Waals surface area contributed by atoms with E-state index >= 15 is 8.78 Å². The zero-order valence-electron chi connectivity index (χ0n) is 21.5. The van der Waals surface area contributed by atoms with E-state index in [0.29, 0.717) is 31.3 Å². The number of allylic oxidation sites excluding steroid dienone is 1. The van der Waals surface area contributed by atoms with Crippen LogP contribution in [0.1, 0.15) is 58.8 Å². The van der Waals surface area contributed by atoms with Crippen LogP contribution in [0.15, 0.2) is 11.6 Å². The maximum Gasteiger partial charge on any atom is 0.335 e. The van der Waals surface area contributed by atoms with Gasteiger partial charge in [-0.1, -0.05) is 19.4 Å². The highest BCUT2D eigenvalue weighted by Gasteiger charge is 2.71. The fourth-order valence-electron chi connectivity index (χ4n) is 8.48. The maximum atomic E-state index is 17.0. The molecule has 0 amide bonds. The van der Waals surface area contributed by atoms with Gasteiger partial charge in [0.2, 0.25) is 0 Å². The average molecular weight is 543 g/mol. The minimum atomic E-state index is -2.13. The summed E-state index contributed by atoms with van der Waals surface area (Å²) < 4.78 is 43.6. The van der Waals surface area contributed by atoms with Gasteiger partial charge in [-0.05, 0) is 55.9 Å². The largest absolute Gasteiger partial charge is 0.479 e. The van der Waals surface area contributed by atoms with E-state index in [-0.39, 0.29) is 31.0 Å².